The summed E-state index contributed by atoms with van der Waals surface area (Å²) in [6, 6.07) is 7.79. The maximum atomic E-state index is 12.1. The lowest BCUT2D eigenvalue weighted by atomic mass is 10.2. The van der Waals surface area contributed by atoms with E-state index in [1.807, 2.05) is 0 Å². The van der Waals surface area contributed by atoms with Crippen molar-refractivity contribution < 1.29 is 24.2 Å². The van der Waals surface area contributed by atoms with Crippen molar-refractivity contribution >= 4 is 57.1 Å². The van der Waals surface area contributed by atoms with Crippen LogP contribution in [-0.2, 0) is 0 Å². The first-order chi connectivity index (χ1) is 13.3. The summed E-state index contributed by atoms with van der Waals surface area (Å²) in [6.07, 6.45) is 1.17. The first kappa shape index (κ1) is 19.2. The van der Waals surface area contributed by atoms with Crippen LogP contribution < -0.4 is 5.43 Å². The molecule has 0 fully saturated rings. The molecule has 0 aliphatic heterocycles. The Balaban J connectivity index is 1.78. The van der Waals surface area contributed by atoms with Gasteiger partial charge in [0.1, 0.15) is 5.58 Å². The number of hydrazone groups is 1. The average molecular weight is 496 g/mol. The van der Waals surface area contributed by atoms with E-state index in [1.165, 1.54) is 36.5 Å². The number of non-ortho nitro benzene ring substituents is 1. The van der Waals surface area contributed by atoms with Gasteiger partial charge in [-0.3, -0.25) is 25.0 Å². The number of carbonyl (C=O) groups is 1. The number of hydrogen-bond donors (Lipinski definition) is 2. The molecular weight excluding hydrogens is 487 g/mol. The lowest BCUT2D eigenvalue weighted by molar-refractivity contribution is -0.386. The van der Waals surface area contributed by atoms with Gasteiger partial charge >= 0.3 is 11.6 Å². The number of nitro benzene ring substituents is 2. The van der Waals surface area contributed by atoms with Crippen LogP contribution >= 0.6 is 22.6 Å². The first-order valence-corrected chi connectivity index (χ1v) is 8.52. The van der Waals surface area contributed by atoms with E-state index in [-0.39, 0.29) is 20.6 Å². The number of aromatic hydroxyl groups is 1. The molecule has 11 nitrogen and oxygen atoms in total. The third kappa shape index (κ3) is 3.90. The second-order valence-corrected chi connectivity index (χ2v) is 6.58. The van der Waals surface area contributed by atoms with Crippen LogP contribution in [0.4, 0.5) is 11.4 Å². The highest BCUT2D eigenvalue weighted by Gasteiger charge is 2.18. The molecular formula is C16H9IN4O7. The number of nitrogens with zero attached hydrogens (tertiary/aromatic N) is 3. The molecule has 3 rings (SSSR count). The van der Waals surface area contributed by atoms with Crippen molar-refractivity contribution in [2.45, 2.75) is 0 Å². The van der Waals surface area contributed by atoms with E-state index in [2.05, 4.69) is 10.5 Å². The van der Waals surface area contributed by atoms with E-state index in [0.29, 0.717) is 11.0 Å². The zero-order valence-electron chi connectivity index (χ0n) is 13.7. The van der Waals surface area contributed by atoms with Gasteiger partial charge in [-0.1, -0.05) is 0 Å². The largest absolute Gasteiger partial charge is 0.501 e. The van der Waals surface area contributed by atoms with Gasteiger partial charge in [-0.15, -0.1) is 0 Å². The van der Waals surface area contributed by atoms with Gasteiger partial charge in [0.2, 0.25) is 5.75 Å². The highest BCUT2D eigenvalue weighted by molar-refractivity contribution is 14.1. The number of furan rings is 1. The predicted octanol–water partition coefficient (Wildman–Crippen LogP) is 3.32. The average Bonchev–Trinajstić information content (AvgIpc) is 3.07. The highest BCUT2D eigenvalue weighted by Crippen LogP contribution is 2.31. The number of carbonyl (C=O) groups excluding carboxylic acids is 1. The van der Waals surface area contributed by atoms with Crippen molar-refractivity contribution in [3.8, 4) is 5.75 Å². The Bertz CT molecular complexity index is 1160. The van der Waals surface area contributed by atoms with Crippen LogP contribution in [0.2, 0.25) is 0 Å². The van der Waals surface area contributed by atoms with Gasteiger partial charge in [-0.05, 0) is 40.8 Å². The lowest BCUT2D eigenvalue weighted by Gasteiger charge is -2.01. The lowest BCUT2D eigenvalue weighted by Crippen LogP contribution is -2.16. The molecule has 142 valence electrons. The molecule has 0 atom stereocenters. The van der Waals surface area contributed by atoms with Gasteiger partial charge in [-0.25, -0.2) is 5.43 Å². The molecule has 2 aromatic carbocycles. The van der Waals surface area contributed by atoms with Gasteiger partial charge in [0.25, 0.3) is 5.69 Å². The molecule has 1 amide bonds. The first-order valence-electron chi connectivity index (χ1n) is 7.44. The van der Waals surface area contributed by atoms with Crippen LogP contribution in [0.3, 0.4) is 0 Å². The van der Waals surface area contributed by atoms with Crippen LogP contribution in [-0.4, -0.2) is 27.1 Å². The number of benzene rings is 2. The summed E-state index contributed by atoms with van der Waals surface area (Å²) in [5.41, 5.74) is 2.15. The molecule has 0 saturated heterocycles. The quantitative estimate of drug-likeness (QED) is 0.237. The summed E-state index contributed by atoms with van der Waals surface area (Å²) in [5, 5.41) is 35.5. The number of amides is 1. The number of phenols is 1. The van der Waals surface area contributed by atoms with Crippen molar-refractivity contribution in [2.24, 2.45) is 5.10 Å². The van der Waals surface area contributed by atoms with Crippen LogP contribution in [0.1, 0.15) is 16.1 Å². The Kier molecular flexibility index (Phi) is 5.21. The summed E-state index contributed by atoms with van der Waals surface area (Å²) in [5.74, 6) is -1.28. The Morgan fingerprint density at radius 3 is 2.61 bits per heavy atom. The van der Waals surface area contributed by atoms with Crippen LogP contribution in [0, 0.1) is 23.8 Å². The third-order valence-corrected chi connectivity index (χ3v) is 4.40. The van der Waals surface area contributed by atoms with Gasteiger partial charge in [0.05, 0.1) is 19.6 Å². The van der Waals surface area contributed by atoms with E-state index in [9.17, 15) is 30.1 Å². The van der Waals surface area contributed by atoms with Gasteiger partial charge < -0.3 is 9.52 Å². The molecule has 28 heavy (non-hydrogen) atoms. The summed E-state index contributed by atoms with van der Waals surface area (Å²) in [6.45, 7) is 0. The molecule has 0 aliphatic rings. The zero-order chi connectivity index (χ0) is 20.4. The predicted molar refractivity (Wildman–Crippen MR) is 105 cm³/mol. The number of hydrogen-bond acceptors (Lipinski definition) is 8. The molecule has 12 heteroatoms. The van der Waals surface area contributed by atoms with Crippen LogP contribution in [0.5, 0.6) is 5.75 Å². The number of rotatable bonds is 5. The van der Waals surface area contributed by atoms with Crippen molar-refractivity contribution in [2.75, 3.05) is 0 Å². The van der Waals surface area contributed by atoms with Crippen molar-refractivity contribution in [1.82, 2.24) is 5.43 Å². The zero-order valence-corrected chi connectivity index (χ0v) is 15.8. The number of nitro groups is 2. The number of nitrogens with one attached hydrogen (secondary N) is 1. The van der Waals surface area contributed by atoms with E-state index in [4.69, 9.17) is 4.42 Å². The molecule has 0 unspecified atom stereocenters. The molecule has 3 aromatic rings. The minimum Gasteiger partial charge on any atom is -0.501 e. The summed E-state index contributed by atoms with van der Waals surface area (Å²) >= 11 is 1.73. The molecule has 1 aromatic heterocycles. The van der Waals surface area contributed by atoms with Gasteiger partial charge in [0, 0.05) is 29.1 Å². The Hall–Kier alpha value is -3.55. The summed E-state index contributed by atoms with van der Waals surface area (Å²) < 4.78 is 5.57. The van der Waals surface area contributed by atoms with E-state index < -0.39 is 27.2 Å². The normalized spacial score (nSPS) is 11.0. The highest BCUT2D eigenvalue weighted by atomic mass is 127. The molecule has 2 N–H and O–H groups in total. The minimum absolute atomic E-state index is 0.112. The molecule has 1 heterocycles. The van der Waals surface area contributed by atoms with E-state index in [0.717, 1.165) is 6.07 Å². The van der Waals surface area contributed by atoms with Crippen LogP contribution in [0.25, 0.3) is 11.0 Å². The monoisotopic (exact) mass is 496 g/mol. The standard InChI is InChI=1S/C16H9IN4O7/c17-11-3-8(4-12(15(11)22)21(26)27)7-18-19-16(23)14-6-9-5-10(20(24)25)1-2-13(9)28-14/h1-7,22H,(H,19,23)/b18-7+. The Morgan fingerprint density at radius 1 is 1.18 bits per heavy atom. The van der Waals surface area contributed by atoms with E-state index >= 15 is 0 Å². The number of halogens is 1. The fourth-order valence-corrected chi connectivity index (χ4v) is 2.93. The fraction of sp³-hybridized carbons (Fsp3) is 0. The Labute approximate surface area is 169 Å². The fourth-order valence-electron chi connectivity index (χ4n) is 2.30. The smallest absolute Gasteiger partial charge is 0.312 e. The third-order valence-electron chi connectivity index (χ3n) is 3.58. The Morgan fingerprint density at radius 2 is 1.93 bits per heavy atom. The molecule has 0 radical (unpaired) electrons. The van der Waals surface area contributed by atoms with Crippen molar-refractivity contribution in [1.29, 1.82) is 0 Å². The van der Waals surface area contributed by atoms with Gasteiger partial charge in [-0.2, -0.15) is 5.10 Å². The van der Waals surface area contributed by atoms with Crippen molar-refractivity contribution in [3.63, 3.8) is 0 Å². The SMILES string of the molecule is O=C(N/N=C/c1cc(I)c(O)c([N+](=O)[O-])c1)c1cc2cc([N+](=O)[O-])ccc2o1. The molecule has 0 bridgehead atoms. The number of phenolic OH excluding ortho intramolecular Hbond substituents is 1. The topological polar surface area (TPSA) is 161 Å². The molecule has 0 saturated carbocycles. The molecule has 0 spiro atoms. The summed E-state index contributed by atoms with van der Waals surface area (Å²) in [4.78, 5) is 32.5. The van der Waals surface area contributed by atoms with Crippen LogP contribution in [0.15, 0.2) is 45.9 Å². The second kappa shape index (κ2) is 7.59. The maximum Gasteiger partial charge on any atom is 0.312 e. The van der Waals surface area contributed by atoms with Gasteiger partial charge in [0.15, 0.2) is 5.76 Å². The second-order valence-electron chi connectivity index (χ2n) is 5.42. The number of fused-ring (bicyclic) bond motifs is 1. The summed E-state index contributed by atoms with van der Waals surface area (Å²) in [7, 11) is 0. The minimum atomic E-state index is -0.735. The van der Waals surface area contributed by atoms with Crippen molar-refractivity contribution in [3.05, 3.63) is 71.5 Å². The van der Waals surface area contributed by atoms with E-state index in [1.54, 1.807) is 22.6 Å². The maximum absolute atomic E-state index is 12.1. The molecule has 0 aliphatic carbocycles.